The van der Waals surface area contributed by atoms with Crippen LogP contribution in [-0.4, -0.2) is 22.3 Å². The molecule has 5 atom stereocenters. The Kier molecular flexibility index (Phi) is 5.13. The maximum absolute atomic E-state index is 12.4. The molecule has 0 spiro atoms. The van der Waals surface area contributed by atoms with E-state index in [0.717, 1.165) is 37.7 Å². The third kappa shape index (κ3) is 3.05. The van der Waals surface area contributed by atoms with Crippen LogP contribution >= 0.6 is 0 Å². The fourth-order valence-electron chi connectivity index (χ4n) is 5.56. The van der Waals surface area contributed by atoms with Crippen LogP contribution in [0.1, 0.15) is 66.2 Å². The Morgan fingerprint density at radius 2 is 2.04 bits per heavy atom. The number of rotatable bonds is 3. The molecule has 0 aromatic rings. The number of carbonyl (C=O) groups is 2. The standard InChI is InChI=1S/C23H32O3/c1-5-16-11-12-22(3)20(9-10-21(25)23(22,4)26)19(16)13-15(2)17-7-6-8-18(24)14-17/h6,8,13-14,16,19-20,26H,5,7,9-12H2,1-4H3/b15-13-/t16?,19?,20?,22?,23-/m0/s1. The highest BCUT2D eigenvalue weighted by Crippen LogP contribution is 2.58. The number of ketones is 2. The van der Waals surface area contributed by atoms with E-state index >= 15 is 0 Å². The van der Waals surface area contributed by atoms with Crippen molar-refractivity contribution in [3.8, 4) is 0 Å². The molecule has 0 heterocycles. The molecule has 0 bridgehead atoms. The van der Waals surface area contributed by atoms with E-state index in [1.807, 2.05) is 6.08 Å². The number of allylic oxidation sites excluding steroid dienone is 6. The summed E-state index contributed by atoms with van der Waals surface area (Å²) in [7, 11) is 0. The van der Waals surface area contributed by atoms with Crippen molar-refractivity contribution in [2.24, 2.45) is 23.2 Å². The summed E-state index contributed by atoms with van der Waals surface area (Å²) in [5.41, 5.74) is 0.661. The number of Topliss-reactive ketones (excluding diaryl/α,β-unsaturated/α-hetero) is 1. The molecule has 0 aromatic carbocycles. The fraction of sp³-hybridized carbons (Fsp3) is 0.652. The van der Waals surface area contributed by atoms with E-state index in [2.05, 4.69) is 26.8 Å². The van der Waals surface area contributed by atoms with Gasteiger partial charge in [0, 0.05) is 11.8 Å². The Morgan fingerprint density at radius 1 is 1.31 bits per heavy atom. The van der Waals surface area contributed by atoms with Crippen LogP contribution in [0.5, 0.6) is 0 Å². The first kappa shape index (κ1) is 19.3. The van der Waals surface area contributed by atoms with E-state index in [9.17, 15) is 14.7 Å². The second kappa shape index (κ2) is 6.92. The maximum Gasteiger partial charge on any atom is 0.178 e. The molecule has 0 aromatic heterocycles. The minimum absolute atomic E-state index is 0.00336. The Morgan fingerprint density at radius 3 is 2.69 bits per heavy atom. The van der Waals surface area contributed by atoms with Gasteiger partial charge in [-0.1, -0.05) is 38.0 Å². The third-order valence-corrected chi connectivity index (χ3v) is 7.61. The first-order valence-electron chi connectivity index (χ1n) is 10.1. The van der Waals surface area contributed by atoms with Crippen LogP contribution in [-0.2, 0) is 9.59 Å². The molecule has 1 N–H and O–H groups in total. The number of fused-ring (bicyclic) bond motifs is 1. The molecule has 142 valence electrons. The molecule has 0 amide bonds. The Labute approximate surface area is 157 Å². The Bertz CT molecular complexity index is 694. The third-order valence-electron chi connectivity index (χ3n) is 7.61. The van der Waals surface area contributed by atoms with Gasteiger partial charge >= 0.3 is 0 Å². The molecule has 26 heavy (non-hydrogen) atoms. The Hall–Kier alpha value is -1.48. The van der Waals surface area contributed by atoms with Crippen molar-refractivity contribution < 1.29 is 14.7 Å². The van der Waals surface area contributed by atoms with Crippen molar-refractivity contribution in [1.82, 2.24) is 0 Å². The van der Waals surface area contributed by atoms with Gasteiger partial charge < -0.3 is 5.11 Å². The molecule has 4 unspecified atom stereocenters. The summed E-state index contributed by atoms with van der Waals surface area (Å²) in [4.78, 5) is 24.1. The SMILES string of the molecule is CCC1CCC2(C)C(CCC(=O)[C@]2(C)O)C1/C=C(/C)C1=CC(=O)C=CC1. The van der Waals surface area contributed by atoms with Crippen molar-refractivity contribution in [2.45, 2.75) is 71.8 Å². The molecule has 3 rings (SSSR count). The lowest BCUT2D eigenvalue weighted by Crippen LogP contribution is -2.61. The molecular weight excluding hydrogens is 324 g/mol. The molecule has 0 aliphatic heterocycles. The molecule has 2 saturated carbocycles. The van der Waals surface area contributed by atoms with Crippen LogP contribution < -0.4 is 0 Å². The van der Waals surface area contributed by atoms with Crippen LogP contribution in [0, 0.1) is 23.2 Å². The first-order chi connectivity index (χ1) is 12.2. The van der Waals surface area contributed by atoms with Crippen LogP contribution in [0.25, 0.3) is 0 Å². The average Bonchev–Trinajstić information content (AvgIpc) is 2.60. The molecule has 0 radical (unpaired) electrons. The highest BCUT2D eigenvalue weighted by atomic mass is 16.3. The lowest BCUT2D eigenvalue weighted by molar-refractivity contribution is -0.178. The molecule has 2 fully saturated rings. The zero-order valence-electron chi connectivity index (χ0n) is 16.5. The number of carbonyl (C=O) groups excluding carboxylic acids is 2. The van der Waals surface area contributed by atoms with Crippen molar-refractivity contribution in [3.05, 3.63) is 35.5 Å². The van der Waals surface area contributed by atoms with Gasteiger partial charge in [0.1, 0.15) is 5.60 Å². The highest BCUT2D eigenvalue weighted by Gasteiger charge is 2.59. The van der Waals surface area contributed by atoms with E-state index in [4.69, 9.17) is 0 Å². The second-order valence-electron chi connectivity index (χ2n) is 8.87. The lowest BCUT2D eigenvalue weighted by Gasteiger charge is -2.57. The summed E-state index contributed by atoms with van der Waals surface area (Å²) in [5.74, 6) is 1.28. The van der Waals surface area contributed by atoms with Crippen molar-refractivity contribution in [1.29, 1.82) is 0 Å². The van der Waals surface area contributed by atoms with Gasteiger partial charge in [-0.15, -0.1) is 0 Å². The normalized spacial score (nSPS) is 41.0. The molecule has 0 saturated heterocycles. The number of hydrogen-bond acceptors (Lipinski definition) is 3. The second-order valence-corrected chi connectivity index (χ2v) is 8.87. The minimum Gasteiger partial charge on any atom is -0.382 e. The van der Waals surface area contributed by atoms with Gasteiger partial charge in [0.25, 0.3) is 0 Å². The summed E-state index contributed by atoms with van der Waals surface area (Å²) >= 11 is 0. The Balaban J connectivity index is 1.96. The summed E-state index contributed by atoms with van der Waals surface area (Å²) in [6, 6.07) is 0. The van der Waals surface area contributed by atoms with Crippen molar-refractivity contribution >= 4 is 11.6 Å². The molecule has 3 aliphatic carbocycles. The van der Waals surface area contributed by atoms with Gasteiger partial charge in [-0.2, -0.15) is 0 Å². The summed E-state index contributed by atoms with van der Waals surface area (Å²) in [6.45, 7) is 8.18. The monoisotopic (exact) mass is 356 g/mol. The molecule has 3 nitrogen and oxygen atoms in total. The van der Waals surface area contributed by atoms with Gasteiger partial charge in [-0.3, -0.25) is 9.59 Å². The van der Waals surface area contributed by atoms with Crippen molar-refractivity contribution in [3.63, 3.8) is 0 Å². The molecule has 3 heteroatoms. The van der Waals surface area contributed by atoms with Gasteiger partial charge in [0.2, 0.25) is 0 Å². The maximum atomic E-state index is 12.4. The number of hydrogen-bond donors (Lipinski definition) is 1. The molecule has 3 aliphatic rings. The van der Waals surface area contributed by atoms with Gasteiger partial charge in [-0.05, 0) is 75.0 Å². The first-order valence-corrected chi connectivity index (χ1v) is 10.1. The van der Waals surface area contributed by atoms with E-state index in [1.165, 1.54) is 5.57 Å². The fourth-order valence-corrected chi connectivity index (χ4v) is 5.56. The van der Waals surface area contributed by atoms with E-state index in [-0.39, 0.29) is 17.0 Å². The quantitative estimate of drug-likeness (QED) is 0.806. The van der Waals surface area contributed by atoms with Crippen molar-refractivity contribution in [2.75, 3.05) is 0 Å². The number of aliphatic hydroxyl groups is 1. The average molecular weight is 357 g/mol. The zero-order chi connectivity index (χ0) is 19.1. The largest absolute Gasteiger partial charge is 0.382 e. The minimum atomic E-state index is -1.24. The van der Waals surface area contributed by atoms with Crippen LogP contribution in [0.2, 0.25) is 0 Å². The zero-order valence-corrected chi connectivity index (χ0v) is 16.5. The van der Waals surface area contributed by atoms with Crippen LogP contribution in [0.3, 0.4) is 0 Å². The predicted molar refractivity (Wildman–Crippen MR) is 104 cm³/mol. The molecular formula is C23H32O3. The van der Waals surface area contributed by atoms with Crippen LogP contribution in [0.4, 0.5) is 0 Å². The smallest absolute Gasteiger partial charge is 0.178 e. The van der Waals surface area contributed by atoms with E-state index in [1.54, 1.807) is 19.1 Å². The van der Waals surface area contributed by atoms with Gasteiger partial charge in [0.15, 0.2) is 11.6 Å². The van der Waals surface area contributed by atoms with Gasteiger partial charge in [-0.25, -0.2) is 0 Å². The topological polar surface area (TPSA) is 54.4 Å². The van der Waals surface area contributed by atoms with E-state index < -0.39 is 5.60 Å². The highest BCUT2D eigenvalue weighted by molar-refractivity contribution is 6.01. The predicted octanol–water partition coefficient (Wildman–Crippen LogP) is 4.56. The lowest BCUT2D eigenvalue weighted by atomic mass is 9.48. The van der Waals surface area contributed by atoms with Gasteiger partial charge in [0.05, 0.1) is 0 Å². The summed E-state index contributed by atoms with van der Waals surface area (Å²) in [5, 5.41) is 11.1. The van der Waals surface area contributed by atoms with Crippen LogP contribution in [0.15, 0.2) is 35.5 Å². The summed E-state index contributed by atoms with van der Waals surface area (Å²) < 4.78 is 0. The summed E-state index contributed by atoms with van der Waals surface area (Å²) in [6.07, 6.45) is 12.8. The van der Waals surface area contributed by atoms with E-state index in [0.29, 0.717) is 24.2 Å².